The number of aromatic carboxylic acids is 1. The molecular weight excluding hydrogens is 220 g/mol. The first-order valence-electron chi connectivity index (χ1n) is 5.11. The third kappa shape index (κ3) is 2.05. The van der Waals surface area contributed by atoms with Crippen molar-refractivity contribution in [1.29, 1.82) is 0 Å². The molecule has 0 amide bonds. The van der Waals surface area contributed by atoms with E-state index in [1.165, 1.54) is 6.20 Å². The number of benzene rings is 1. The van der Waals surface area contributed by atoms with Crippen molar-refractivity contribution >= 4 is 5.97 Å². The summed E-state index contributed by atoms with van der Waals surface area (Å²) in [7, 11) is 0. The van der Waals surface area contributed by atoms with Gasteiger partial charge in [-0.3, -0.25) is 0 Å². The molecule has 88 valence electrons. The van der Waals surface area contributed by atoms with Crippen LogP contribution >= 0.6 is 0 Å². The highest BCUT2D eigenvalue weighted by Gasteiger charge is 2.13. The van der Waals surface area contributed by atoms with Crippen molar-refractivity contribution < 1.29 is 15.0 Å². The average molecular weight is 232 g/mol. The number of nitrogens with zero attached hydrogens (tertiary/aromatic N) is 2. The Morgan fingerprint density at radius 2 is 2.00 bits per heavy atom. The first-order valence-corrected chi connectivity index (χ1v) is 5.11. The zero-order valence-electron chi connectivity index (χ0n) is 9.29. The molecule has 2 rings (SSSR count). The molecular formula is C12H12N2O3. The number of aliphatic hydroxyl groups excluding tert-OH is 1. The normalized spacial score (nSPS) is 10.5. The second-order valence-electron chi connectivity index (χ2n) is 3.69. The summed E-state index contributed by atoms with van der Waals surface area (Å²) in [6.07, 6.45) is 1.33. The van der Waals surface area contributed by atoms with Gasteiger partial charge in [0.1, 0.15) is 5.56 Å². The van der Waals surface area contributed by atoms with Gasteiger partial charge < -0.3 is 10.2 Å². The van der Waals surface area contributed by atoms with Gasteiger partial charge in [0.25, 0.3) is 0 Å². The highest BCUT2D eigenvalue weighted by molar-refractivity contribution is 5.88. The van der Waals surface area contributed by atoms with Gasteiger partial charge in [0.2, 0.25) is 0 Å². The molecule has 2 N–H and O–H groups in total. The van der Waals surface area contributed by atoms with Crippen LogP contribution in [0.1, 0.15) is 21.6 Å². The fraction of sp³-hybridized carbons (Fsp3) is 0.167. The molecule has 1 aromatic heterocycles. The molecule has 0 bridgehead atoms. The lowest BCUT2D eigenvalue weighted by Gasteiger charge is -2.05. The minimum absolute atomic E-state index is 0.0151. The fourth-order valence-electron chi connectivity index (χ4n) is 1.62. The maximum absolute atomic E-state index is 10.9. The summed E-state index contributed by atoms with van der Waals surface area (Å²) in [5.41, 5.74) is 2.34. The largest absolute Gasteiger partial charge is 0.478 e. The van der Waals surface area contributed by atoms with E-state index in [2.05, 4.69) is 5.10 Å². The molecule has 0 aliphatic carbocycles. The van der Waals surface area contributed by atoms with E-state index in [0.717, 1.165) is 11.3 Å². The van der Waals surface area contributed by atoms with Crippen molar-refractivity contribution in [3.8, 4) is 5.69 Å². The van der Waals surface area contributed by atoms with E-state index in [-0.39, 0.29) is 12.2 Å². The molecule has 0 fully saturated rings. The van der Waals surface area contributed by atoms with Gasteiger partial charge in [-0.2, -0.15) is 5.10 Å². The Morgan fingerprint density at radius 1 is 1.35 bits per heavy atom. The summed E-state index contributed by atoms with van der Waals surface area (Å²) < 4.78 is 1.56. The molecule has 1 aromatic carbocycles. The second-order valence-corrected chi connectivity index (χ2v) is 3.69. The molecule has 17 heavy (non-hydrogen) atoms. The fourth-order valence-corrected chi connectivity index (χ4v) is 1.62. The standard InChI is InChI=1S/C12H12N2O3/c1-8-11(12(16)17)6-13-14(8)10-4-2-9(7-15)3-5-10/h2-6,15H,7H2,1H3,(H,16,17). The number of aliphatic hydroxyl groups is 1. The van der Waals surface area contributed by atoms with Crippen LogP contribution in [-0.4, -0.2) is 26.0 Å². The number of carboxylic acid groups (broad SMARTS) is 1. The van der Waals surface area contributed by atoms with Crippen LogP contribution < -0.4 is 0 Å². The first-order chi connectivity index (χ1) is 8.13. The zero-order valence-corrected chi connectivity index (χ0v) is 9.29. The van der Waals surface area contributed by atoms with E-state index in [1.807, 2.05) is 0 Å². The molecule has 0 spiro atoms. The minimum Gasteiger partial charge on any atom is -0.478 e. The Hall–Kier alpha value is -2.14. The molecule has 0 aliphatic heterocycles. The lowest BCUT2D eigenvalue weighted by Crippen LogP contribution is -2.02. The van der Waals surface area contributed by atoms with Crippen LogP contribution in [0.15, 0.2) is 30.5 Å². The molecule has 0 saturated carbocycles. The van der Waals surface area contributed by atoms with Crippen molar-refractivity contribution in [3.63, 3.8) is 0 Å². The Labute approximate surface area is 97.9 Å². The Balaban J connectivity index is 2.42. The molecule has 0 aliphatic rings. The third-order valence-electron chi connectivity index (χ3n) is 2.60. The molecule has 5 heteroatoms. The van der Waals surface area contributed by atoms with Gasteiger partial charge in [-0.15, -0.1) is 0 Å². The quantitative estimate of drug-likeness (QED) is 0.838. The monoisotopic (exact) mass is 232 g/mol. The average Bonchev–Trinajstić information content (AvgIpc) is 2.71. The van der Waals surface area contributed by atoms with Crippen molar-refractivity contribution in [3.05, 3.63) is 47.3 Å². The van der Waals surface area contributed by atoms with Gasteiger partial charge in [-0.1, -0.05) is 12.1 Å². The third-order valence-corrected chi connectivity index (χ3v) is 2.60. The molecule has 2 aromatic rings. The molecule has 0 saturated heterocycles. The molecule has 0 radical (unpaired) electrons. The van der Waals surface area contributed by atoms with Gasteiger partial charge >= 0.3 is 5.97 Å². The zero-order chi connectivity index (χ0) is 12.4. The summed E-state index contributed by atoms with van der Waals surface area (Å²) in [4.78, 5) is 10.9. The predicted molar refractivity (Wildman–Crippen MR) is 61.2 cm³/mol. The van der Waals surface area contributed by atoms with Gasteiger partial charge in [0.05, 0.1) is 24.2 Å². The SMILES string of the molecule is Cc1c(C(=O)O)cnn1-c1ccc(CO)cc1. The predicted octanol–water partition coefficient (Wildman–Crippen LogP) is 1.37. The number of carboxylic acids is 1. The summed E-state index contributed by atoms with van der Waals surface area (Å²) in [6, 6.07) is 7.13. The van der Waals surface area contributed by atoms with Crippen LogP contribution in [0.25, 0.3) is 5.69 Å². The van der Waals surface area contributed by atoms with E-state index >= 15 is 0 Å². The number of rotatable bonds is 3. The topological polar surface area (TPSA) is 75.3 Å². The lowest BCUT2D eigenvalue weighted by atomic mass is 10.2. The smallest absolute Gasteiger partial charge is 0.339 e. The van der Waals surface area contributed by atoms with Crippen molar-refractivity contribution in [2.45, 2.75) is 13.5 Å². The van der Waals surface area contributed by atoms with Crippen LogP contribution in [0.2, 0.25) is 0 Å². The van der Waals surface area contributed by atoms with Crippen LogP contribution in [0.3, 0.4) is 0 Å². The lowest BCUT2D eigenvalue weighted by molar-refractivity contribution is 0.0696. The van der Waals surface area contributed by atoms with Crippen molar-refractivity contribution in [1.82, 2.24) is 9.78 Å². The van der Waals surface area contributed by atoms with E-state index in [4.69, 9.17) is 10.2 Å². The Morgan fingerprint density at radius 3 is 2.47 bits per heavy atom. The number of carbonyl (C=O) groups is 1. The molecule has 0 atom stereocenters. The van der Waals surface area contributed by atoms with Gasteiger partial charge in [0.15, 0.2) is 0 Å². The Kier molecular flexibility index (Phi) is 2.93. The summed E-state index contributed by atoms with van der Waals surface area (Å²) >= 11 is 0. The number of hydrogen-bond acceptors (Lipinski definition) is 3. The summed E-state index contributed by atoms with van der Waals surface area (Å²) in [5.74, 6) is -0.985. The molecule has 5 nitrogen and oxygen atoms in total. The van der Waals surface area contributed by atoms with E-state index in [0.29, 0.717) is 5.69 Å². The van der Waals surface area contributed by atoms with Crippen LogP contribution in [0.5, 0.6) is 0 Å². The summed E-state index contributed by atoms with van der Waals surface area (Å²) in [5, 5.41) is 21.9. The maximum atomic E-state index is 10.9. The summed E-state index contributed by atoms with van der Waals surface area (Å²) in [6.45, 7) is 1.69. The Bertz CT molecular complexity index is 543. The highest BCUT2D eigenvalue weighted by Crippen LogP contribution is 2.14. The van der Waals surface area contributed by atoms with Gasteiger partial charge in [0, 0.05) is 0 Å². The van der Waals surface area contributed by atoms with Crippen LogP contribution in [0, 0.1) is 6.92 Å². The highest BCUT2D eigenvalue weighted by atomic mass is 16.4. The number of hydrogen-bond donors (Lipinski definition) is 2. The molecule has 1 heterocycles. The van der Waals surface area contributed by atoms with E-state index < -0.39 is 5.97 Å². The second kappa shape index (κ2) is 4.39. The maximum Gasteiger partial charge on any atom is 0.339 e. The van der Waals surface area contributed by atoms with Crippen LogP contribution in [0.4, 0.5) is 0 Å². The van der Waals surface area contributed by atoms with Gasteiger partial charge in [-0.25, -0.2) is 9.48 Å². The van der Waals surface area contributed by atoms with Gasteiger partial charge in [-0.05, 0) is 24.6 Å². The van der Waals surface area contributed by atoms with E-state index in [1.54, 1.807) is 35.9 Å². The van der Waals surface area contributed by atoms with Crippen molar-refractivity contribution in [2.24, 2.45) is 0 Å². The van der Waals surface area contributed by atoms with Crippen LogP contribution in [-0.2, 0) is 6.61 Å². The molecule has 0 unspecified atom stereocenters. The number of aromatic nitrogens is 2. The van der Waals surface area contributed by atoms with E-state index in [9.17, 15) is 4.79 Å². The van der Waals surface area contributed by atoms with Crippen molar-refractivity contribution in [2.75, 3.05) is 0 Å². The minimum atomic E-state index is -0.985. The first kappa shape index (κ1) is 11.3.